The van der Waals surface area contributed by atoms with Crippen LogP contribution in [-0.4, -0.2) is 51.3 Å². The van der Waals surface area contributed by atoms with Gasteiger partial charge in [0.05, 0.1) is 11.9 Å². The zero-order valence-electron chi connectivity index (χ0n) is 14.5. The Morgan fingerprint density at radius 1 is 1.38 bits per heavy atom. The lowest BCUT2D eigenvalue weighted by molar-refractivity contribution is 0.122. The second kappa shape index (κ2) is 7.36. The van der Waals surface area contributed by atoms with Crippen LogP contribution in [0.1, 0.15) is 6.92 Å². The van der Waals surface area contributed by atoms with Crippen molar-refractivity contribution in [3.63, 3.8) is 0 Å². The summed E-state index contributed by atoms with van der Waals surface area (Å²) in [6, 6.07) is 5.36. The predicted octanol–water partition coefficient (Wildman–Crippen LogP) is 2.47. The zero-order chi connectivity index (χ0) is 18.8. The Labute approximate surface area is 159 Å². The van der Waals surface area contributed by atoms with Gasteiger partial charge in [0.25, 0.3) is 5.56 Å². The third-order valence-electron chi connectivity index (χ3n) is 4.40. The number of carboxylic acid groups (broad SMARTS) is 1. The summed E-state index contributed by atoms with van der Waals surface area (Å²) in [6.45, 7) is 3.60. The zero-order valence-corrected chi connectivity index (χ0v) is 16.1. The van der Waals surface area contributed by atoms with Gasteiger partial charge >= 0.3 is 6.09 Å². The molecule has 0 bridgehead atoms. The van der Waals surface area contributed by atoms with Gasteiger partial charge in [0.15, 0.2) is 0 Å². The summed E-state index contributed by atoms with van der Waals surface area (Å²) in [4.78, 5) is 31.3. The Bertz CT molecular complexity index is 868. The van der Waals surface area contributed by atoms with E-state index in [0.717, 1.165) is 10.2 Å². The van der Waals surface area contributed by atoms with E-state index < -0.39 is 6.09 Å². The molecule has 2 aromatic heterocycles. The van der Waals surface area contributed by atoms with Gasteiger partial charge in [0.2, 0.25) is 0 Å². The second-order valence-electron chi connectivity index (χ2n) is 6.29. The van der Waals surface area contributed by atoms with E-state index in [0.29, 0.717) is 31.1 Å². The lowest BCUT2D eigenvalue weighted by atomic mass is 10.2. The number of aryl methyl sites for hydroxylation is 1. The first-order valence-corrected chi connectivity index (χ1v) is 8.98. The number of pyridine rings is 2. The van der Waals surface area contributed by atoms with Crippen molar-refractivity contribution in [1.82, 2.24) is 14.5 Å². The fourth-order valence-electron chi connectivity index (χ4n) is 3.02. The number of hydrogen-bond acceptors (Lipinski definition) is 5. The summed E-state index contributed by atoms with van der Waals surface area (Å²) in [5.41, 5.74) is 1.22. The van der Waals surface area contributed by atoms with Crippen LogP contribution < -0.4 is 15.8 Å². The SMILES string of the molecule is CC1CN(c2ccc(Nc3cc(Br)cn(C)c3=O)nc2)CCN1C(=O)O. The predicted molar refractivity (Wildman–Crippen MR) is 103 cm³/mol. The van der Waals surface area contributed by atoms with Gasteiger partial charge in [-0.05, 0) is 41.1 Å². The molecule has 1 fully saturated rings. The number of nitrogens with zero attached hydrogens (tertiary/aromatic N) is 4. The van der Waals surface area contributed by atoms with Crippen LogP contribution in [0.3, 0.4) is 0 Å². The summed E-state index contributed by atoms with van der Waals surface area (Å²) in [7, 11) is 1.69. The average molecular weight is 422 g/mol. The van der Waals surface area contributed by atoms with Gasteiger partial charge in [-0.1, -0.05) is 0 Å². The quantitative estimate of drug-likeness (QED) is 0.790. The number of aromatic nitrogens is 2. The highest BCUT2D eigenvalue weighted by Gasteiger charge is 2.27. The maximum Gasteiger partial charge on any atom is 0.407 e. The number of halogens is 1. The molecule has 1 unspecified atom stereocenters. The van der Waals surface area contributed by atoms with Crippen LogP contribution in [0.25, 0.3) is 0 Å². The molecule has 1 saturated heterocycles. The molecule has 1 aliphatic rings. The van der Waals surface area contributed by atoms with E-state index in [1.165, 1.54) is 9.47 Å². The number of nitrogens with one attached hydrogen (secondary N) is 1. The average Bonchev–Trinajstić information content (AvgIpc) is 2.59. The van der Waals surface area contributed by atoms with E-state index in [-0.39, 0.29) is 11.6 Å². The first-order valence-electron chi connectivity index (χ1n) is 8.19. The van der Waals surface area contributed by atoms with E-state index in [1.54, 1.807) is 25.5 Å². The monoisotopic (exact) mass is 421 g/mol. The summed E-state index contributed by atoms with van der Waals surface area (Å²) >= 11 is 3.37. The van der Waals surface area contributed by atoms with Crippen molar-refractivity contribution in [2.45, 2.75) is 13.0 Å². The summed E-state index contributed by atoms with van der Waals surface area (Å²) in [5.74, 6) is 0.571. The topological polar surface area (TPSA) is 90.7 Å². The summed E-state index contributed by atoms with van der Waals surface area (Å²) in [6.07, 6.45) is 2.54. The number of anilines is 3. The molecule has 1 amide bonds. The fraction of sp³-hybridized carbons (Fsp3) is 0.353. The fourth-order valence-corrected chi connectivity index (χ4v) is 3.56. The Kier molecular flexibility index (Phi) is 5.17. The van der Waals surface area contributed by atoms with Crippen molar-refractivity contribution in [2.75, 3.05) is 29.9 Å². The highest BCUT2D eigenvalue weighted by molar-refractivity contribution is 9.10. The Morgan fingerprint density at radius 3 is 2.77 bits per heavy atom. The molecule has 138 valence electrons. The maximum atomic E-state index is 12.2. The van der Waals surface area contributed by atoms with Crippen molar-refractivity contribution in [1.29, 1.82) is 0 Å². The molecular formula is C17H20BrN5O3. The number of rotatable bonds is 3. The third kappa shape index (κ3) is 3.82. The van der Waals surface area contributed by atoms with E-state index in [9.17, 15) is 9.59 Å². The minimum absolute atomic E-state index is 0.0799. The van der Waals surface area contributed by atoms with E-state index in [2.05, 4.69) is 31.1 Å². The van der Waals surface area contributed by atoms with Crippen molar-refractivity contribution in [2.24, 2.45) is 7.05 Å². The Balaban J connectivity index is 1.72. The van der Waals surface area contributed by atoms with Gasteiger partial charge < -0.3 is 24.8 Å². The highest BCUT2D eigenvalue weighted by Crippen LogP contribution is 2.21. The Morgan fingerprint density at radius 2 is 2.15 bits per heavy atom. The molecule has 8 nitrogen and oxygen atoms in total. The number of amides is 1. The van der Waals surface area contributed by atoms with Crippen molar-refractivity contribution < 1.29 is 9.90 Å². The van der Waals surface area contributed by atoms with Crippen LogP contribution in [0.2, 0.25) is 0 Å². The molecule has 1 atom stereocenters. The molecule has 2 N–H and O–H groups in total. The van der Waals surface area contributed by atoms with Crippen molar-refractivity contribution >= 4 is 39.2 Å². The van der Waals surface area contributed by atoms with Gasteiger partial charge in [0, 0.05) is 43.4 Å². The first-order chi connectivity index (χ1) is 12.3. The smallest absolute Gasteiger partial charge is 0.407 e. The van der Waals surface area contributed by atoms with Crippen molar-refractivity contribution in [3.8, 4) is 0 Å². The molecule has 26 heavy (non-hydrogen) atoms. The molecule has 3 rings (SSSR count). The van der Waals surface area contributed by atoms with Gasteiger partial charge in [0.1, 0.15) is 11.5 Å². The van der Waals surface area contributed by atoms with Crippen LogP contribution in [0, 0.1) is 0 Å². The minimum atomic E-state index is -0.884. The van der Waals surface area contributed by atoms with Crippen molar-refractivity contribution in [3.05, 3.63) is 45.4 Å². The van der Waals surface area contributed by atoms with Crippen LogP contribution in [-0.2, 0) is 7.05 Å². The molecule has 2 aromatic rings. The Hall–Kier alpha value is -2.55. The third-order valence-corrected chi connectivity index (χ3v) is 4.83. The van der Waals surface area contributed by atoms with Crippen LogP contribution in [0.15, 0.2) is 39.9 Å². The molecule has 0 aliphatic carbocycles. The molecule has 0 saturated carbocycles. The molecule has 0 spiro atoms. The number of piperazine rings is 1. The minimum Gasteiger partial charge on any atom is -0.465 e. The number of hydrogen-bond donors (Lipinski definition) is 2. The normalized spacial score (nSPS) is 17.3. The highest BCUT2D eigenvalue weighted by atomic mass is 79.9. The molecular weight excluding hydrogens is 402 g/mol. The van der Waals surface area contributed by atoms with Gasteiger partial charge in [-0.2, -0.15) is 0 Å². The van der Waals surface area contributed by atoms with Crippen LogP contribution >= 0.6 is 15.9 Å². The summed E-state index contributed by atoms with van der Waals surface area (Å²) in [5, 5.41) is 12.2. The van der Waals surface area contributed by atoms with Gasteiger partial charge in [-0.25, -0.2) is 9.78 Å². The van der Waals surface area contributed by atoms with Crippen LogP contribution in [0.4, 0.5) is 22.0 Å². The van der Waals surface area contributed by atoms with Gasteiger partial charge in [-0.15, -0.1) is 0 Å². The second-order valence-corrected chi connectivity index (χ2v) is 7.20. The first kappa shape index (κ1) is 18.2. The standard InChI is InChI=1S/C17H20BrN5O3/c1-11-9-22(5-6-23(11)17(25)26)13-3-4-15(19-8-13)20-14-7-12(18)10-21(2)16(14)24/h3-4,7-8,10-11H,5-6,9H2,1-2H3,(H,19,20)(H,25,26). The number of carbonyl (C=O) groups is 1. The van der Waals surface area contributed by atoms with E-state index in [4.69, 9.17) is 5.11 Å². The van der Waals surface area contributed by atoms with E-state index in [1.807, 2.05) is 19.1 Å². The molecule has 0 aromatic carbocycles. The molecule has 9 heteroatoms. The lowest BCUT2D eigenvalue weighted by Gasteiger charge is -2.39. The lowest BCUT2D eigenvalue weighted by Crippen LogP contribution is -2.53. The molecule has 1 aliphatic heterocycles. The van der Waals surface area contributed by atoms with Gasteiger partial charge in [-0.3, -0.25) is 4.79 Å². The maximum absolute atomic E-state index is 12.2. The van der Waals surface area contributed by atoms with E-state index >= 15 is 0 Å². The summed E-state index contributed by atoms with van der Waals surface area (Å²) < 4.78 is 2.29. The largest absolute Gasteiger partial charge is 0.465 e. The van der Waals surface area contributed by atoms with Crippen LogP contribution in [0.5, 0.6) is 0 Å². The molecule has 3 heterocycles. The molecule has 0 radical (unpaired) electrons.